The van der Waals surface area contributed by atoms with Crippen molar-refractivity contribution in [3.05, 3.63) is 47.0 Å². The molecule has 4 rings (SSSR count). The van der Waals surface area contributed by atoms with E-state index in [1.807, 2.05) is 33.8 Å². The number of hydrogen-bond acceptors (Lipinski definition) is 6. The molecule has 1 amide bonds. The zero-order chi connectivity index (χ0) is 15.6. The third kappa shape index (κ3) is 2.74. The van der Waals surface area contributed by atoms with Crippen LogP contribution in [0.5, 0.6) is 0 Å². The van der Waals surface area contributed by atoms with Gasteiger partial charge in [-0.25, -0.2) is 4.68 Å². The molecule has 0 N–H and O–H groups in total. The van der Waals surface area contributed by atoms with Crippen LogP contribution in [0, 0.1) is 0 Å². The van der Waals surface area contributed by atoms with Gasteiger partial charge < -0.3 is 9.47 Å². The minimum Gasteiger partial charge on any atom is -0.348 e. The zero-order valence-corrected chi connectivity index (χ0v) is 13.2. The van der Waals surface area contributed by atoms with E-state index in [1.54, 1.807) is 10.3 Å². The number of nitrogens with zero attached hydrogens (tertiary/aromatic N) is 7. The van der Waals surface area contributed by atoms with Gasteiger partial charge in [0, 0.05) is 30.9 Å². The number of aryl methyl sites for hydroxylation is 1. The molecule has 0 spiro atoms. The highest BCUT2D eigenvalue weighted by Gasteiger charge is 2.25. The van der Waals surface area contributed by atoms with E-state index in [1.165, 1.54) is 11.5 Å². The molecule has 0 bridgehead atoms. The fourth-order valence-electron chi connectivity index (χ4n) is 2.76. The molecule has 0 fully saturated rings. The van der Waals surface area contributed by atoms with Crippen LogP contribution in [-0.4, -0.2) is 46.5 Å². The molecule has 3 aromatic rings. The van der Waals surface area contributed by atoms with Crippen molar-refractivity contribution in [2.45, 2.75) is 26.1 Å². The Labute approximate surface area is 136 Å². The summed E-state index contributed by atoms with van der Waals surface area (Å²) in [6, 6.07) is 3.96. The third-order valence-electron chi connectivity index (χ3n) is 3.92. The summed E-state index contributed by atoms with van der Waals surface area (Å²) in [5, 5.41) is 14.1. The predicted octanol–water partition coefficient (Wildman–Crippen LogP) is 1.03. The largest absolute Gasteiger partial charge is 0.348 e. The second-order valence-corrected chi connectivity index (χ2v) is 6.04. The summed E-state index contributed by atoms with van der Waals surface area (Å²) >= 11 is 1.19. The van der Waals surface area contributed by atoms with Crippen LogP contribution in [0.15, 0.2) is 29.9 Å². The van der Waals surface area contributed by atoms with Crippen molar-refractivity contribution in [3.8, 4) is 0 Å². The van der Waals surface area contributed by atoms with Crippen molar-refractivity contribution < 1.29 is 4.79 Å². The molecule has 0 saturated carbocycles. The van der Waals surface area contributed by atoms with Crippen molar-refractivity contribution in [2.75, 3.05) is 6.54 Å². The molecule has 1 aliphatic heterocycles. The van der Waals surface area contributed by atoms with Gasteiger partial charge in [-0.2, -0.15) is 0 Å². The van der Waals surface area contributed by atoms with Gasteiger partial charge in [-0.15, -0.1) is 10.2 Å². The first kappa shape index (κ1) is 14.1. The summed E-state index contributed by atoms with van der Waals surface area (Å²) < 4.78 is 7.73. The molecule has 23 heavy (non-hydrogen) atoms. The summed E-state index contributed by atoms with van der Waals surface area (Å²) in [5.74, 6) is -0.0830. The van der Waals surface area contributed by atoms with E-state index in [9.17, 15) is 4.79 Å². The van der Waals surface area contributed by atoms with Gasteiger partial charge in [-0.1, -0.05) is 9.70 Å². The van der Waals surface area contributed by atoms with E-state index in [0.29, 0.717) is 25.3 Å². The summed E-state index contributed by atoms with van der Waals surface area (Å²) in [4.78, 5) is 14.4. The van der Waals surface area contributed by atoms with Gasteiger partial charge in [-0.05, 0) is 30.1 Å². The highest BCUT2D eigenvalue weighted by molar-refractivity contribution is 7.03. The zero-order valence-electron chi connectivity index (χ0n) is 12.4. The average Bonchev–Trinajstić information content (AvgIpc) is 3.29. The number of fused-ring (bicyclic) bond motifs is 1. The number of carbonyl (C=O) groups excluding carboxylic acids is 1. The lowest BCUT2D eigenvalue weighted by Crippen LogP contribution is -2.31. The van der Waals surface area contributed by atoms with E-state index in [2.05, 4.69) is 19.9 Å². The molecule has 8 nitrogen and oxygen atoms in total. The van der Waals surface area contributed by atoms with Crippen LogP contribution in [0.2, 0.25) is 0 Å². The van der Waals surface area contributed by atoms with Gasteiger partial charge in [0.2, 0.25) is 0 Å². The van der Waals surface area contributed by atoms with Crippen molar-refractivity contribution in [1.82, 2.24) is 34.0 Å². The molecule has 3 aromatic heterocycles. The number of rotatable bonds is 3. The minimum absolute atomic E-state index is 0.0830. The molecular weight excluding hydrogens is 314 g/mol. The topological polar surface area (TPSA) is 81.7 Å². The Bertz CT molecular complexity index is 793. The van der Waals surface area contributed by atoms with Gasteiger partial charge in [0.1, 0.15) is 5.69 Å². The smallest absolute Gasteiger partial charge is 0.275 e. The van der Waals surface area contributed by atoms with Crippen molar-refractivity contribution >= 4 is 17.4 Å². The monoisotopic (exact) mass is 329 g/mol. The maximum absolute atomic E-state index is 12.5. The molecule has 4 heterocycles. The Kier molecular flexibility index (Phi) is 3.62. The standard InChI is InChI=1S/C14H15N7OS/c22-14(12-10-23-18-16-12)20-6-3-7-21-13(9-20)11(15-17-21)8-19-4-1-2-5-19/h1-2,4-5,10H,3,6-9H2. The van der Waals surface area contributed by atoms with Crippen LogP contribution in [0.4, 0.5) is 0 Å². The molecule has 0 unspecified atom stereocenters. The maximum atomic E-state index is 12.5. The summed E-state index contributed by atoms with van der Waals surface area (Å²) in [7, 11) is 0. The lowest BCUT2D eigenvalue weighted by molar-refractivity contribution is 0.0739. The highest BCUT2D eigenvalue weighted by Crippen LogP contribution is 2.17. The van der Waals surface area contributed by atoms with Crippen molar-refractivity contribution in [3.63, 3.8) is 0 Å². The van der Waals surface area contributed by atoms with Crippen LogP contribution < -0.4 is 0 Å². The Morgan fingerprint density at radius 1 is 1.22 bits per heavy atom. The Morgan fingerprint density at radius 3 is 2.87 bits per heavy atom. The normalized spacial score (nSPS) is 14.5. The Morgan fingerprint density at radius 2 is 2.09 bits per heavy atom. The van der Waals surface area contributed by atoms with Crippen molar-refractivity contribution in [1.29, 1.82) is 0 Å². The second-order valence-electron chi connectivity index (χ2n) is 5.43. The summed E-state index contributed by atoms with van der Waals surface area (Å²) in [6.07, 6.45) is 4.83. The average molecular weight is 329 g/mol. The molecule has 0 aliphatic carbocycles. The van der Waals surface area contributed by atoms with Crippen molar-refractivity contribution in [2.24, 2.45) is 0 Å². The number of aromatic nitrogens is 6. The van der Waals surface area contributed by atoms with E-state index in [4.69, 9.17) is 0 Å². The SMILES string of the molecule is O=C(c1csnn1)N1CCCn2nnc(Cn3cccc3)c2C1. The van der Waals surface area contributed by atoms with Crippen LogP contribution in [0.1, 0.15) is 28.3 Å². The van der Waals surface area contributed by atoms with Crippen LogP contribution in [0.25, 0.3) is 0 Å². The van der Waals surface area contributed by atoms with Gasteiger partial charge in [0.25, 0.3) is 5.91 Å². The second kappa shape index (κ2) is 5.92. The molecule has 0 radical (unpaired) electrons. The molecule has 9 heteroatoms. The number of carbonyl (C=O) groups is 1. The fourth-order valence-corrected chi connectivity index (χ4v) is 3.19. The van der Waals surface area contributed by atoms with Gasteiger partial charge in [-0.3, -0.25) is 4.79 Å². The van der Waals surface area contributed by atoms with Crippen LogP contribution in [0.3, 0.4) is 0 Å². The van der Waals surface area contributed by atoms with E-state index < -0.39 is 0 Å². The Balaban J connectivity index is 1.60. The van der Waals surface area contributed by atoms with E-state index >= 15 is 0 Å². The molecule has 0 saturated heterocycles. The van der Waals surface area contributed by atoms with Crippen LogP contribution in [-0.2, 0) is 19.6 Å². The lowest BCUT2D eigenvalue weighted by atomic mass is 10.2. The first-order valence-electron chi connectivity index (χ1n) is 7.39. The third-order valence-corrected chi connectivity index (χ3v) is 4.43. The van der Waals surface area contributed by atoms with Crippen LogP contribution >= 0.6 is 11.5 Å². The predicted molar refractivity (Wildman–Crippen MR) is 82.8 cm³/mol. The van der Waals surface area contributed by atoms with Gasteiger partial charge in [0.05, 0.1) is 18.8 Å². The van der Waals surface area contributed by atoms with E-state index in [0.717, 1.165) is 24.4 Å². The molecular formula is C14H15N7OS. The van der Waals surface area contributed by atoms with Gasteiger partial charge in [0.15, 0.2) is 5.69 Å². The molecule has 118 valence electrons. The lowest BCUT2D eigenvalue weighted by Gasteiger charge is -2.19. The fraction of sp³-hybridized carbons (Fsp3) is 0.357. The number of amides is 1. The highest BCUT2D eigenvalue weighted by atomic mass is 32.1. The Hall–Kier alpha value is -2.55. The first-order valence-corrected chi connectivity index (χ1v) is 8.23. The van der Waals surface area contributed by atoms with E-state index in [-0.39, 0.29) is 5.91 Å². The summed E-state index contributed by atoms with van der Waals surface area (Å²) in [6.45, 7) is 2.61. The summed E-state index contributed by atoms with van der Waals surface area (Å²) in [5.41, 5.74) is 2.30. The van der Waals surface area contributed by atoms with Gasteiger partial charge >= 0.3 is 0 Å². The quantitative estimate of drug-likeness (QED) is 0.717. The first-order chi connectivity index (χ1) is 11.3. The molecule has 0 aromatic carbocycles. The number of hydrogen-bond donors (Lipinski definition) is 0. The maximum Gasteiger partial charge on any atom is 0.275 e. The minimum atomic E-state index is -0.0830. The molecule has 1 aliphatic rings. The molecule has 0 atom stereocenters.